The Kier molecular flexibility index (Phi) is 6.91. The fraction of sp³-hybridized carbons (Fsp3) is 0.452. The van der Waals surface area contributed by atoms with Gasteiger partial charge in [0.15, 0.2) is 11.6 Å². The number of fused-ring (bicyclic) bond motifs is 3. The van der Waals surface area contributed by atoms with Crippen LogP contribution in [0, 0.1) is 31.6 Å². The van der Waals surface area contributed by atoms with E-state index >= 15 is 0 Å². The van der Waals surface area contributed by atoms with Crippen molar-refractivity contribution in [2.24, 2.45) is 17.8 Å². The number of imide groups is 1. The number of ketones is 2. The van der Waals surface area contributed by atoms with Crippen molar-refractivity contribution >= 4 is 29.4 Å². The van der Waals surface area contributed by atoms with Crippen LogP contribution in [0.5, 0.6) is 5.75 Å². The molecule has 1 heterocycles. The summed E-state index contributed by atoms with van der Waals surface area (Å²) in [5.74, 6) is -3.61. The quantitative estimate of drug-likeness (QED) is 0.235. The van der Waals surface area contributed by atoms with Crippen LogP contribution in [0.25, 0.3) is 0 Å². The highest BCUT2D eigenvalue weighted by Gasteiger charge is 2.56. The molecule has 0 aromatic heterocycles. The number of benzene rings is 1. The molecule has 1 fully saturated rings. The predicted octanol–water partition coefficient (Wildman–Crippen LogP) is 4.08. The van der Waals surface area contributed by atoms with Gasteiger partial charge in [0, 0.05) is 35.6 Å². The second-order valence-corrected chi connectivity index (χ2v) is 11.3. The molecule has 4 aliphatic rings. The van der Waals surface area contributed by atoms with E-state index in [0.717, 1.165) is 11.1 Å². The first-order valence-electron chi connectivity index (χ1n) is 13.6. The molecular weight excluding hydrogens is 498 g/mol. The van der Waals surface area contributed by atoms with Crippen molar-refractivity contribution in [3.63, 3.8) is 0 Å². The van der Waals surface area contributed by atoms with E-state index in [1.807, 2.05) is 18.2 Å². The lowest BCUT2D eigenvalue weighted by Crippen LogP contribution is -2.40. The molecular formula is C31H33NO7. The van der Waals surface area contributed by atoms with E-state index in [1.165, 1.54) is 11.0 Å². The molecule has 0 saturated carbocycles. The van der Waals surface area contributed by atoms with Gasteiger partial charge in [-0.25, -0.2) is 0 Å². The Morgan fingerprint density at radius 2 is 1.67 bits per heavy atom. The fourth-order valence-corrected chi connectivity index (χ4v) is 6.91. The minimum absolute atomic E-state index is 0.0538. The minimum atomic E-state index is -0.867. The van der Waals surface area contributed by atoms with Gasteiger partial charge in [-0.3, -0.25) is 28.9 Å². The average molecular weight is 532 g/mol. The fourth-order valence-electron chi connectivity index (χ4n) is 6.91. The SMILES string of the molecule is CC1=CC(=O)C2=C(C1=O)C(c1cc(C)c(O)c(C)c1)C1=CCC3C(=O)N(CCCCCC(=O)O)C(=O)C3C1C2. The van der Waals surface area contributed by atoms with Crippen LogP contribution in [0.1, 0.15) is 68.1 Å². The summed E-state index contributed by atoms with van der Waals surface area (Å²) in [6.45, 7) is 5.47. The largest absolute Gasteiger partial charge is 0.507 e. The maximum absolute atomic E-state index is 13.7. The van der Waals surface area contributed by atoms with Gasteiger partial charge in [-0.1, -0.05) is 30.2 Å². The number of likely N-dealkylation sites (tertiary alicyclic amines) is 1. The van der Waals surface area contributed by atoms with Crippen LogP contribution in [-0.4, -0.2) is 51.0 Å². The molecule has 0 radical (unpaired) electrons. The third kappa shape index (κ3) is 4.45. The number of phenolic OH excluding ortho intramolecular Hbond substituents is 1. The van der Waals surface area contributed by atoms with Gasteiger partial charge in [-0.2, -0.15) is 0 Å². The lowest BCUT2D eigenvalue weighted by atomic mass is 9.59. The maximum atomic E-state index is 13.7. The van der Waals surface area contributed by atoms with E-state index in [2.05, 4.69) is 0 Å². The Bertz CT molecular complexity index is 1390. The van der Waals surface area contributed by atoms with Crippen LogP contribution < -0.4 is 0 Å². The van der Waals surface area contributed by atoms with Crippen molar-refractivity contribution < 1.29 is 34.2 Å². The molecule has 2 N–H and O–H groups in total. The lowest BCUT2D eigenvalue weighted by molar-refractivity contribution is -0.141. The predicted molar refractivity (Wildman–Crippen MR) is 142 cm³/mol. The van der Waals surface area contributed by atoms with Gasteiger partial charge >= 0.3 is 5.97 Å². The zero-order valence-electron chi connectivity index (χ0n) is 22.5. The molecule has 4 unspecified atom stereocenters. The van der Waals surface area contributed by atoms with E-state index in [1.54, 1.807) is 20.8 Å². The first-order valence-corrected chi connectivity index (χ1v) is 13.6. The van der Waals surface area contributed by atoms with Gasteiger partial charge in [0.05, 0.1) is 11.8 Å². The summed E-state index contributed by atoms with van der Waals surface area (Å²) in [7, 11) is 0. The van der Waals surface area contributed by atoms with Crippen LogP contribution in [0.2, 0.25) is 0 Å². The number of carbonyl (C=O) groups excluding carboxylic acids is 4. The van der Waals surface area contributed by atoms with E-state index < -0.39 is 23.7 Å². The van der Waals surface area contributed by atoms with Crippen molar-refractivity contribution in [2.45, 2.75) is 65.2 Å². The normalized spacial score (nSPS) is 26.3. The van der Waals surface area contributed by atoms with Crippen LogP contribution in [-0.2, 0) is 24.0 Å². The minimum Gasteiger partial charge on any atom is -0.507 e. The standard InChI is InChI=1S/C31H33NO7/c1-15-11-18(12-16(2)28(15)36)25-19-8-9-20-26(21(19)14-22-23(33)13-17(3)29(37)27(22)25)31(39)32(30(20)38)10-6-4-5-7-24(34)35/h8,11-13,20-21,25-26,36H,4-7,9-10,14H2,1-3H3,(H,34,35). The molecule has 8 heteroatoms. The number of unbranched alkanes of at least 4 members (excludes halogenated alkanes) is 2. The molecule has 1 aromatic carbocycles. The lowest BCUT2D eigenvalue weighted by Gasteiger charge is -2.42. The molecule has 5 rings (SSSR count). The van der Waals surface area contributed by atoms with Crippen LogP contribution in [0.3, 0.4) is 0 Å². The number of amides is 2. The number of phenols is 1. The molecule has 0 spiro atoms. The number of carboxylic acid groups (broad SMARTS) is 1. The topological polar surface area (TPSA) is 129 Å². The summed E-state index contributed by atoms with van der Waals surface area (Å²) in [5.41, 5.74) is 4.22. The van der Waals surface area contributed by atoms with Gasteiger partial charge < -0.3 is 10.2 Å². The Labute approximate surface area is 227 Å². The van der Waals surface area contributed by atoms with Gasteiger partial charge in [-0.15, -0.1) is 0 Å². The number of allylic oxidation sites excluding steroid dienone is 6. The summed E-state index contributed by atoms with van der Waals surface area (Å²) in [6, 6.07) is 3.67. The number of rotatable bonds is 7. The highest BCUT2D eigenvalue weighted by molar-refractivity contribution is 6.23. The number of hydrogen-bond acceptors (Lipinski definition) is 6. The van der Waals surface area contributed by atoms with Gasteiger partial charge in [0.1, 0.15) is 5.75 Å². The Morgan fingerprint density at radius 3 is 2.33 bits per heavy atom. The van der Waals surface area contributed by atoms with E-state index in [-0.39, 0.29) is 54.4 Å². The Hall–Kier alpha value is -3.81. The summed E-state index contributed by atoms with van der Waals surface area (Å²) < 4.78 is 0. The second kappa shape index (κ2) is 10.1. The number of Topliss-reactive ketones (excluding diaryl/α,β-unsaturated/α-hetero) is 1. The number of carboxylic acids is 1. The monoisotopic (exact) mass is 531 g/mol. The zero-order chi connectivity index (χ0) is 28.2. The first-order chi connectivity index (χ1) is 18.5. The van der Waals surface area contributed by atoms with Crippen molar-refractivity contribution in [3.05, 3.63) is 63.3 Å². The number of hydrogen-bond donors (Lipinski definition) is 2. The average Bonchev–Trinajstić information content (AvgIpc) is 3.13. The number of carbonyl (C=O) groups is 5. The second-order valence-electron chi connectivity index (χ2n) is 11.3. The first kappa shape index (κ1) is 26.8. The van der Waals surface area contributed by atoms with Gasteiger partial charge in [-0.05, 0) is 75.1 Å². The third-order valence-corrected chi connectivity index (χ3v) is 8.78. The molecule has 204 valence electrons. The molecule has 0 bridgehead atoms. The highest BCUT2D eigenvalue weighted by Crippen LogP contribution is 2.55. The number of aromatic hydroxyl groups is 1. The molecule has 4 atom stereocenters. The smallest absolute Gasteiger partial charge is 0.303 e. The number of aliphatic carboxylic acids is 1. The van der Waals surface area contributed by atoms with Gasteiger partial charge in [0.2, 0.25) is 11.8 Å². The van der Waals surface area contributed by atoms with Crippen molar-refractivity contribution in [1.82, 2.24) is 4.90 Å². The molecule has 1 aliphatic heterocycles. The summed E-state index contributed by atoms with van der Waals surface area (Å²) in [4.78, 5) is 65.8. The van der Waals surface area contributed by atoms with Crippen LogP contribution in [0.15, 0.2) is 46.6 Å². The van der Waals surface area contributed by atoms with Crippen molar-refractivity contribution in [3.8, 4) is 5.75 Å². The van der Waals surface area contributed by atoms with E-state index in [0.29, 0.717) is 53.5 Å². The number of aryl methyl sites for hydroxylation is 2. The molecule has 3 aliphatic carbocycles. The zero-order valence-corrected chi connectivity index (χ0v) is 22.5. The third-order valence-electron chi connectivity index (χ3n) is 8.78. The van der Waals surface area contributed by atoms with Gasteiger partial charge in [0.25, 0.3) is 0 Å². The summed E-state index contributed by atoms with van der Waals surface area (Å²) in [6.07, 6.45) is 5.65. The maximum Gasteiger partial charge on any atom is 0.303 e. The van der Waals surface area contributed by atoms with Crippen molar-refractivity contribution in [2.75, 3.05) is 6.54 Å². The van der Waals surface area contributed by atoms with E-state index in [4.69, 9.17) is 5.11 Å². The molecule has 1 saturated heterocycles. The molecule has 2 amide bonds. The van der Waals surface area contributed by atoms with Crippen LogP contribution in [0.4, 0.5) is 0 Å². The highest BCUT2D eigenvalue weighted by atomic mass is 16.4. The molecule has 1 aromatic rings. The van der Waals surface area contributed by atoms with E-state index in [9.17, 15) is 29.1 Å². The molecule has 39 heavy (non-hydrogen) atoms. The molecule has 8 nitrogen and oxygen atoms in total. The van der Waals surface area contributed by atoms with Crippen molar-refractivity contribution in [1.29, 1.82) is 0 Å². The summed E-state index contributed by atoms with van der Waals surface area (Å²) >= 11 is 0. The number of nitrogens with zero attached hydrogens (tertiary/aromatic N) is 1. The Morgan fingerprint density at radius 1 is 0.974 bits per heavy atom. The van der Waals surface area contributed by atoms with Crippen LogP contribution >= 0.6 is 0 Å². The Balaban J connectivity index is 1.52. The summed E-state index contributed by atoms with van der Waals surface area (Å²) in [5, 5.41) is 19.3.